The lowest BCUT2D eigenvalue weighted by Gasteiger charge is -2.06. The predicted molar refractivity (Wildman–Crippen MR) is 53.4 cm³/mol. The molecule has 2 nitrogen and oxygen atoms in total. The van der Waals surface area contributed by atoms with Crippen LogP contribution in [0.3, 0.4) is 0 Å². The summed E-state index contributed by atoms with van der Waals surface area (Å²) in [5.74, 6) is 0.712. The number of para-hydroxylation sites is 1. The average Bonchev–Trinajstić information content (AvgIpc) is 2.15. The Morgan fingerprint density at radius 1 is 1.23 bits per heavy atom. The van der Waals surface area contributed by atoms with E-state index in [-0.39, 0.29) is 0 Å². The fourth-order valence-electron chi connectivity index (χ4n) is 0.917. The Kier molecular flexibility index (Phi) is 4.65. The van der Waals surface area contributed by atoms with Crippen LogP contribution in [0.1, 0.15) is 6.92 Å². The van der Waals surface area contributed by atoms with Crippen molar-refractivity contribution in [1.82, 2.24) is 0 Å². The maximum Gasteiger partial charge on any atom is 0.138 e. The number of rotatable bonds is 5. The van der Waals surface area contributed by atoms with Gasteiger partial charge in [-0.3, -0.25) is 0 Å². The Hall–Kier alpha value is -0.730. The van der Waals surface area contributed by atoms with Gasteiger partial charge in [0.05, 0.1) is 11.6 Å². The smallest absolute Gasteiger partial charge is 0.138 e. The van der Waals surface area contributed by atoms with Gasteiger partial charge in [0.25, 0.3) is 0 Å². The van der Waals surface area contributed by atoms with Crippen LogP contribution in [0.2, 0.25) is 5.02 Å². The van der Waals surface area contributed by atoms with Crippen molar-refractivity contribution >= 4 is 11.6 Å². The maximum absolute atomic E-state index is 5.87. The van der Waals surface area contributed by atoms with Gasteiger partial charge < -0.3 is 9.47 Å². The van der Waals surface area contributed by atoms with Gasteiger partial charge in [-0.1, -0.05) is 23.7 Å². The Labute approximate surface area is 83.4 Å². The Morgan fingerprint density at radius 3 is 2.69 bits per heavy atom. The van der Waals surface area contributed by atoms with Crippen molar-refractivity contribution in [2.45, 2.75) is 6.92 Å². The van der Waals surface area contributed by atoms with Gasteiger partial charge in [0.2, 0.25) is 0 Å². The van der Waals surface area contributed by atoms with Gasteiger partial charge in [0, 0.05) is 6.61 Å². The van der Waals surface area contributed by atoms with E-state index in [1.54, 1.807) is 6.07 Å². The van der Waals surface area contributed by atoms with Crippen LogP contribution in [0, 0.1) is 0 Å². The van der Waals surface area contributed by atoms with Gasteiger partial charge in [-0.25, -0.2) is 0 Å². The Balaban J connectivity index is 2.32. The molecule has 0 aliphatic carbocycles. The molecule has 0 saturated carbocycles. The van der Waals surface area contributed by atoms with Crippen LogP contribution in [0.4, 0.5) is 0 Å². The highest BCUT2D eigenvalue weighted by Gasteiger charge is 1.97. The van der Waals surface area contributed by atoms with Crippen molar-refractivity contribution in [2.24, 2.45) is 0 Å². The number of ether oxygens (including phenoxy) is 2. The normalized spacial score (nSPS) is 10.0. The standard InChI is InChI=1S/C10H13ClO2/c1-2-12-7-8-13-10-6-4-3-5-9(10)11/h3-6H,2,7-8H2,1H3. The van der Waals surface area contributed by atoms with Crippen LogP contribution in [-0.2, 0) is 4.74 Å². The first kappa shape index (κ1) is 10.4. The largest absolute Gasteiger partial charge is 0.490 e. The first-order chi connectivity index (χ1) is 6.34. The number of benzene rings is 1. The second kappa shape index (κ2) is 5.84. The molecule has 0 spiro atoms. The zero-order chi connectivity index (χ0) is 9.52. The van der Waals surface area contributed by atoms with Gasteiger partial charge in [-0.15, -0.1) is 0 Å². The number of halogens is 1. The molecule has 0 fully saturated rings. The highest BCUT2D eigenvalue weighted by molar-refractivity contribution is 6.32. The molecule has 0 saturated heterocycles. The monoisotopic (exact) mass is 200 g/mol. The van der Waals surface area contributed by atoms with Gasteiger partial charge in [-0.05, 0) is 19.1 Å². The fraction of sp³-hybridized carbons (Fsp3) is 0.400. The molecule has 1 aromatic carbocycles. The molecular formula is C10H13ClO2. The highest BCUT2D eigenvalue weighted by Crippen LogP contribution is 2.22. The topological polar surface area (TPSA) is 18.5 Å². The van der Waals surface area contributed by atoms with E-state index in [0.717, 1.165) is 0 Å². The van der Waals surface area contributed by atoms with E-state index in [4.69, 9.17) is 21.1 Å². The van der Waals surface area contributed by atoms with E-state index in [9.17, 15) is 0 Å². The summed E-state index contributed by atoms with van der Waals surface area (Å²) in [6.45, 7) is 3.81. The summed E-state index contributed by atoms with van der Waals surface area (Å²) in [4.78, 5) is 0. The minimum atomic E-state index is 0.539. The van der Waals surface area contributed by atoms with E-state index in [0.29, 0.717) is 30.6 Å². The molecule has 72 valence electrons. The third kappa shape index (κ3) is 3.66. The third-order valence-electron chi connectivity index (χ3n) is 1.53. The summed E-state index contributed by atoms with van der Waals surface area (Å²) < 4.78 is 10.5. The molecule has 1 rings (SSSR count). The summed E-state index contributed by atoms with van der Waals surface area (Å²) in [7, 11) is 0. The van der Waals surface area contributed by atoms with Crippen LogP contribution in [0.5, 0.6) is 5.75 Å². The van der Waals surface area contributed by atoms with E-state index < -0.39 is 0 Å². The van der Waals surface area contributed by atoms with Gasteiger partial charge in [0.15, 0.2) is 0 Å². The quantitative estimate of drug-likeness (QED) is 0.681. The first-order valence-corrected chi connectivity index (χ1v) is 4.67. The number of hydrogen-bond donors (Lipinski definition) is 0. The van der Waals surface area contributed by atoms with E-state index >= 15 is 0 Å². The molecule has 0 heterocycles. The van der Waals surface area contributed by atoms with E-state index in [1.165, 1.54) is 0 Å². The van der Waals surface area contributed by atoms with Crippen LogP contribution < -0.4 is 4.74 Å². The molecule has 0 aromatic heterocycles. The van der Waals surface area contributed by atoms with E-state index in [1.807, 2.05) is 25.1 Å². The summed E-state index contributed by atoms with van der Waals surface area (Å²) in [6.07, 6.45) is 0. The molecule has 0 N–H and O–H groups in total. The lowest BCUT2D eigenvalue weighted by molar-refractivity contribution is 0.110. The second-order valence-electron chi connectivity index (χ2n) is 2.48. The molecule has 0 aliphatic rings. The lowest BCUT2D eigenvalue weighted by atomic mass is 10.3. The van der Waals surface area contributed by atoms with E-state index in [2.05, 4.69) is 0 Å². The van der Waals surface area contributed by atoms with Gasteiger partial charge >= 0.3 is 0 Å². The van der Waals surface area contributed by atoms with Crippen LogP contribution in [-0.4, -0.2) is 19.8 Å². The van der Waals surface area contributed by atoms with Crippen molar-refractivity contribution in [2.75, 3.05) is 19.8 Å². The second-order valence-corrected chi connectivity index (χ2v) is 2.88. The first-order valence-electron chi connectivity index (χ1n) is 4.29. The molecule has 0 bridgehead atoms. The molecule has 13 heavy (non-hydrogen) atoms. The van der Waals surface area contributed by atoms with Gasteiger partial charge in [0.1, 0.15) is 12.4 Å². The Bertz CT molecular complexity index is 250. The summed E-state index contributed by atoms with van der Waals surface area (Å²) in [6, 6.07) is 7.41. The van der Waals surface area contributed by atoms with Crippen molar-refractivity contribution in [3.8, 4) is 5.75 Å². The third-order valence-corrected chi connectivity index (χ3v) is 1.84. The molecule has 1 aromatic rings. The fourth-order valence-corrected chi connectivity index (χ4v) is 1.11. The Morgan fingerprint density at radius 2 is 2.00 bits per heavy atom. The number of hydrogen-bond acceptors (Lipinski definition) is 2. The van der Waals surface area contributed by atoms with Crippen molar-refractivity contribution in [3.05, 3.63) is 29.3 Å². The average molecular weight is 201 g/mol. The molecule has 0 radical (unpaired) electrons. The zero-order valence-corrected chi connectivity index (χ0v) is 8.38. The van der Waals surface area contributed by atoms with Gasteiger partial charge in [-0.2, -0.15) is 0 Å². The molecule has 0 unspecified atom stereocenters. The summed E-state index contributed by atoms with van der Waals surface area (Å²) in [5, 5.41) is 0.638. The predicted octanol–water partition coefficient (Wildman–Crippen LogP) is 2.76. The molecule has 0 aliphatic heterocycles. The summed E-state index contributed by atoms with van der Waals surface area (Å²) in [5.41, 5.74) is 0. The SMILES string of the molecule is CCOCCOc1ccccc1Cl. The minimum Gasteiger partial charge on any atom is -0.490 e. The minimum absolute atomic E-state index is 0.539. The maximum atomic E-state index is 5.87. The molecule has 0 amide bonds. The van der Waals surface area contributed by atoms with Crippen LogP contribution in [0.25, 0.3) is 0 Å². The lowest BCUT2D eigenvalue weighted by Crippen LogP contribution is -2.06. The molecule has 0 atom stereocenters. The zero-order valence-electron chi connectivity index (χ0n) is 7.63. The van der Waals surface area contributed by atoms with Crippen molar-refractivity contribution < 1.29 is 9.47 Å². The van der Waals surface area contributed by atoms with Crippen molar-refractivity contribution in [1.29, 1.82) is 0 Å². The summed E-state index contributed by atoms with van der Waals surface area (Å²) >= 11 is 5.87. The van der Waals surface area contributed by atoms with Crippen LogP contribution >= 0.6 is 11.6 Å². The van der Waals surface area contributed by atoms with Crippen molar-refractivity contribution in [3.63, 3.8) is 0 Å². The highest BCUT2D eigenvalue weighted by atomic mass is 35.5. The van der Waals surface area contributed by atoms with Crippen LogP contribution in [0.15, 0.2) is 24.3 Å². The molecular weight excluding hydrogens is 188 g/mol. The molecule has 3 heteroatoms.